The van der Waals surface area contributed by atoms with Gasteiger partial charge in [0.15, 0.2) is 0 Å². The van der Waals surface area contributed by atoms with Gasteiger partial charge in [0.1, 0.15) is 0 Å². The van der Waals surface area contributed by atoms with Crippen LogP contribution in [0.15, 0.2) is 60.7 Å². The molecule has 0 aromatic heterocycles. The number of hydrogen-bond donors (Lipinski definition) is 1. The largest absolute Gasteiger partial charge is 0.356 e. The van der Waals surface area contributed by atoms with E-state index in [1.54, 1.807) is 0 Å². The summed E-state index contributed by atoms with van der Waals surface area (Å²) in [7, 11) is 0. The fourth-order valence-corrected chi connectivity index (χ4v) is 3.31. The van der Waals surface area contributed by atoms with Gasteiger partial charge in [-0.25, -0.2) is 0 Å². The zero-order valence-corrected chi connectivity index (χ0v) is 17.6. The molecule has 0 radical (unpaired) electrons. The van der Waals surface area contributed by atoms with E-state index in [2.05, 4.69) is 12.2 Å². The van der Waals surface area contributed by atoms with Gasteiger partial charge in [0.25, 0.3) is 0 Å². The third kappa shape index (κ3) is 8.95. The van der Waals surface area contributed by atoms with E-state index in [0.29, 0.717) is 25.9 Å². The average molecular weight is 395 g/mol. The van der Waals surface area contributed by atoms with Gasteiger partial charge >= 0.3 is 0 Å². The molecule has 0 heterocycles. The highest BCUT2D eigenvalue weighted by Gasteiger charge is 2.15. The molecule has 156 valence electrons. The van der Waals surface area contributed by atoms with Gasteiger partial charge < -0.3 is 10.2 Å². The van der Waals surface area contributed by atoms with E-state index in [-0.39, 0.29) is 11.8 Å². The Kier molecular flexibility index (Phi) is 10.6. The molecule has 0 atom stereocenters. The second kappa shape index (κ2) is 13.5. The predicted molar refractivity (Wildman–Crippen MR) is 120 cm³/mol. The van der Waals surface area contributed by atoms with Gasteiger partial charge in [0.05, 0.1) is 6.42 Å². The van der Waals surface area contributed by atoms with Crippen LogP contribution in [0.25, 0.3) is 0 Å². The Morgan fingerprint density at radius 3 is 2.17 bits per heavy atom. The van der Waals surface area contributed by atoms with Crippen molar-refractivity contribution in [1.82, 2.24) is 5.32 Å². The zero-order valence-electron chi connectivity index (χ0n) is 17.6. The third-order valence-corrected chi connectivity index (χ3v) is 4.96. The van der Waals surface area contributed by atoms with Gasteiger partial charge in [-0.1, -0.05) is 81.1 Å². The van der Waals surface area contributed by atoms with E-state index < -0.39 is 0 Å². The average Bonchev–Trinajstić information content (AvgIpc) is 2.75. The molecule has 2 aromatic rings. The normalized spacial score (nSPS) is 10.5. The highest BCUT2D eigenvalue weighted by Crippen LogP contribution is 2.16. The molecule has 1 N–H and O–H groups in total. The predicted octanol–water partition coefficient (Wildman–Crippen LogP) is 5.13. The van der Waals surface area contributed by atoms with Gasteiger partial charge in [-0.2, -0.15) is 0 Å². The van der Waals surface area contributed by atoms with Crippen molar-refractivity contribution in [2.75, 3.05) is 18.0 Å². The summed E-state index contributed by atoms with van der Waals surface area (Å²) >= 11 is 0. The van der Waals surface area contributed by atoms with Gasteiger partial charge in [0.2, 0.25) is 11.8 Å². The number of carbonyl (C=O) groups is 2. The van der Waals surface area contributed by atoms with E-state index in [1.807, 2.05) is 65.6 Å². The van der Waals surface area contributed by atoms with Crippen molar-refractivity contribution in [3.05, 3.63) is 66.2 Å². The molecule has 4 heteroatoms. The zero-order chi connectivity index (χ0) is 20.7. The minimum atomic E-state index is 0.0738. The van der Waals surface area contributed by atoms with Crippen molar-refractivity contribution in [2.45, 2.75) is 58.3 Å². The molecule has 0 aliphatic heterocycles. The lowest BCUT2D eigenvalue weighted by molar-refractivity contribution is -0.121. The molecule has 2 rings (SSSR count). The standard InChI is InChI=1S/C25H34N2O2/c1-2-3-4-5-12-18-24(28)26-19-13-20-27(23-16-10-7-11-17-23)25(29)21-22-14-8-6-9-15-22/h6-11,14-17H,2-5,12-13,18-21H2,1H3,(H,26,28). The first-order chi connectivity index (χ1) is 14.2. The fourth-order valence-electron chi connectivity index (χ4n) is 3.31. The SMILES string of the molecule is CCCCCCCC(=O)NCCCN(C(=O)Cc1ccccc1)c1ccccc1. The Hall–Kier alpha value is -2.62. The van der Waals surface area contributed by atoms with Crippen molar-refractivity contribution in [1.29, 1.82) is 0 Å². The Morgan fingerprint density at radius 1 is 0.828 bits per heavy atom. The third-order valence-electron chi connectivity index (χ3n) is 4.96. The number of nitrogens with one attached hydrogen (secondary N) is 1. The van der Waals surface area contributed by atoms with Crippen LogP contribution in [0.1, 0.15) is 57.4 Å². The first-order valence-electron chi connectivity index (χ1n) is 10.9. The molecule has 0 unspecified atom stereocenters. The number of nitrogens with zero attached hydrogens (tertiary/aromatic N) is 1. The molecule has 2 aromatic carbocycles. The van der Waals surface area contributed by atoms with Crippen LogP contribution in [0.3, 0.4) is 0 Å². The number of benzene rings is 2. The smallest absolute Gasteiger partial charge is 0.231 e. The van der Waals surface area contributed by atoms with Crippen LogP contribution >= 0.6 is 0 Å². The number of anilines is 1. The van der Waals surface area contributed by atoms with Crippen LogP contribution in [0.4, 0.5) is 5.69 Å². The van der Waals surface area contributed by atoms with Crippen LogP contribution in [0, 0.1) is 0 Å². The maximum atomic E-state index is 12.9. The van der Waals surface area contributed by atoms with E-state index in [9.17, 15) is 9.59 Å². The van der Waals surface area contributed by atoms with Crippen LogP contribution in [0.2, 0.25) is 0 Å². The highest BCUT2D eigenvalue weighted by molar-refractivity contribution is 5.94. The lowest BCUT2D eigenvalue weighted by atomic mass is 10.1. The molecule has 29 heavy (non-hydrogen) atoms. The van der Waals surface area contributed by atoms with E-state index >= 15 is 0 Å². The molecule has 0 aliphatic rings. The molecule has 0 spiro atoms. The molecular formula is C25H34N2O2. The minimum Gasteiger partial charge on any atom is -0.356 e. The van der Waals surface area contributed by atoms with Crippen molar-refractivity contribution >= 4 is 17.5 Å². The monoisotopic (exact) mass is 394 g/mol. The van der Waals surface area contributed by atoms with Gasteiger partial charge in [-0.05, 0) is 30.5 Å². The Bertz CT molecular complexity index is 716. The number of unbranched alkanes of at least 4 members (excludes halogenated alkanes) is 4. The fraction of sp³-hybridized carbons (Fsp3) is 0.440. The second-order valence-electron chi connectivity index (χ2n) is 7.41. The number of carbonyl (C=O) groups excluding carboxylic acids is 2. The van der Waals surface area contributed by atoms with Crippen LogP contribution < -0.4 is 10.2 Å². The topological polar surface area (TPSA) is 49.4 Å². The molecule has 0 aliphatic carbocycles. The summed E-state index contributed by atoms with van der Waals surface area (Å²) in [6.07, 6.45) is 7.45. The molecule has 4 nitrogen and oxygen atoms in total. The Balaban J connectivity index is 1.79. The van der Waals surface area contributed by atoms with Crippen molar-refractivity contribution < 1.29 is 9.59 Å². The van der Waals surface area contributed by atoms with Crippen molar-refractivity contribution in [2.24, 2.45) is 0 Å². The Labute approximate surface area is 175 Å². The number of hydrogen-bond acceptors (Lipinski definition) is 2. The summed E-state index contributed by atoms with van der Waals surface area (Å²) in [5.74, 6) is 0.188. The lowest BCUT2D eigenvalue weighted by Crippen LogP contribution is -2.35. The first-order valence-corrected chi connectivity index (χ1v) is 10.9. The minimum absolute atomic E-state index is 0.0738. The van der Waals surface area contributed by atoms with Crippen molar-refractivity contribution in [3.8, 4) is 0 Å². The molecular weight excluding hydrogens is 360 g/mol. The summed E-state index contributed by atoms with van der Waals surface area (Å²) in [5, 5.41) is 2.99. The van der Waals surface area contributed by atoms with Crippen LogP contribution in [-0.2, 0) is 16.0 Å². The number of rotatable bonds is 13. The van der Waals surface area contributed by atoms with E-state index in [0.717, 1.165) is 30.5 Å². The van der Waals surface area contributed by atoms with Gasteiger partial charge in [-0.15, -0.1) is 0 Å². The van der Waals surface area contributed by atoms with E-state index in [1.165, 1.54) is 19.3 Å². The number of para-hydroxylation sites is 1. The van der Waals surface area contributed by atoms with Gasteiger partial charge in [-0.3, -0.25) is 9.59 Å². The number of amides is 2. The first kappa shape index (κ1) is 22.7. The highest BCUT2D eigenvalue weighted by atomic mass is 16.2. The summed E-state index contributed by atoms with van der Waals surface area (Å²) < 4.78 is 0. The summed E-state index contributed by atoms with van der Waals surface area (Å²) in [6, 6.07) is 19.6. The molecule has 0 saturated heterocycles. The van der Waals surface area contributed by atoms with E-state index in [4.69, 9.17) is 0 Å². The maximum absolute atomic E-state index is 12.9. The quantitative estimate of drug-likeness (QED) is 0.479. The van der Waals surface area contributed by atoms with Crippen LogP contribution in [-0.4, -0.2) is 24.9 Å². The molecule has 0 fully saturated rings. The van der Waals surface area contributed by atoms with Crippen LogP contribution in [0.5, 0.6) is 0 Å². The Morgan fingerprint density at radius 2 is 1.48 bits per heavy atom. The van der Waals surface area contributed by atoms with Crippen molar-refractivity contribution in [3.63, 3.8) is 0 Å². The second-order valence-corrected chi connectivity index (χ2v) is 7.41. The molecule has 0 saturated carbocycles. The summed E-state index contributed by atoms with van der Waals surface area (Å²) in [4.78, 5) is 26.7. The molecule has 2 amide bonds. The summed E-state index contributed by atoms with van der Waals surface area (Å²) in [6.45, 7) is 3.37. The lowest BCUT2D eigenvalue weighted by Gasteiger charge is -2.23. The maximum Gasteiger partial charge on any atom is 0.231 e. The molecule has 0 bridgehead atoms. The van der Waals surface area contributed by atoms with Gasteiger partial charge in [0, 0.05) is 25.2 Å². The summed E-state index contributed by atoms with van der Waals surface area (Å²) in [5.41, 5.74) is 1.91.